The maximum atomic E-state index is 11.5. The third kappa shape index (κ3) is 2.43. The highest BCUT2D eigenvalue weighted by molar-refractivity contribution is 6.17. The Morgan fingerprint density at radius 2 is 2.38 bits per heavy atom. The van der Waals surface area contributed by atoms with Crippen LogP contribution in [0.15, 0.2) is 23.8 Å². The van der Waals surface area contributed by atoms with Crippen molar-refractivity contribution in [2.45, 2.75) is 12.8 Å². The first kappa shape index (κ1) is 10.0. The lowest BCUT2D eigenvalue weighted by molar-refractivity contribution is -0.116. The molecule has 0 fully saturated rings. The van der Waals surface area contributed by atoms with Gasteiger partial charge in [0.1, 0.15) is 5.92 Å². The largest absolute Gasteiger partial charge is 0.293 e. The molecule has 1 unspecified atom stereocenters. The SMILES string of the molecule is N#CC1C=CC=C(CCCCl)C1=O. The van der Waals surface area contributed by atoms with Gasteiger partial charge in [-0.15, -0.1) is 11.6 Å². The van der Waals surface area contributed by atoms with E-state index < -0.39 is 5.92 Å². The molecule has 1 atom stereocenters. The van der Waals surface area contributed by atoms with E-state index in [1.165, 1.54) is 0 Å². The van der Waals surface area contributed by atoms with E-state index in [9.17, 15) is 4.79 Å². The maximum absolute atomic E-state index is 11.5. The van der Waals surface area contributed by atoms with E-state index in [2.05, 4.69) is 0 Å². The Morgan fingerprint density at radius 3 is 3.00 bits per heavy atom. The fraction of sp³-hybridized carbons (Fsp3) is 0.400. The number of hydrogen-bond donors (Lipinski definition) is 0. The quantitative estimate of drug-likeness (QED) is 0.648. The van der Waals surface area contributed by atoms with Crippen molar-refractivity contribution in [1.82, 2.24) is 0 Å². The zero-order valence-corrected chi connectivity index (χ0v) is 7.92. The second-order valence-corrected chi connectivity index (χ2v) is 3.22. The summed E-state index contributed by atoms with van der Waals surface area (Å²) in [6.45, 7) is 0. The van der Waals surface area contributed by atoms with Gasteiger partial charge in [0.25, 0.3) is 0 Å². The zero-order chi connectivity index (χ0) is 9.68. The van der Waals surface area contributed by atoms with E-state index in [-0.39, 0.29) is 5.78 Å². The van der Waals surface area contributed by atoms with Crippen molar-refractivity contribution in [1.29, 1.82) is 5.26 Å². The van der Waals surface area contributed by atoms with Gasteiger partial charge in [0.2, 0.25) is 0 Å². The van der Waals surface area contributed by atoms with Crippen LogP contribution in [0.5, 0.6) is 0 Å². The van der Waals surface area contributed by atoms with Crippen LogP contribution in [0.4, 0.5) is 0 Å². The number of nitrogens with zero attached hydrogens (tertiary/aromatic N) is 1. The Morgan fingerprint density at radius 1 is 1.62 bits per heavy atom. The van der Waals surface area contributed by atoms with Crippen LogP contribution in [-0.2, 0) is 4.79 Å². The molecule has 1 aliphatic carbocycles. The topological polar surface area (TPSA) is 40.9 Å². The second kappa shape index (κ2) is 4.84. The van der Waals surface area contributed by atoms with E-state index in [0.29, 0.717) is 12.3 Å². The van der Waals surface area contributed by atoms with Gasteiger partial charge in [-0.05, 0) is 18.4 Å². The Labute approximate surface area is 82.5 Å². The molecule has 68 valence electrons. The molecule has 0 bridgehead atoms. The van der Waals surface area contributed by atoms with Crippen molar-refractivity contribution >= 4 is 17.4 Å². The van der Waals surface area contributed by atoms with E-state index in [1.54, 1.807) is 18.2 Å². The van der Waals surface area contributed by atoms with Crippen LogP contribution < -0.4 is 0 Å². The number of allylic oxidation sites excluding steroid dienone is 4. The van der Waals surface area contributed by atoms with Crippen molar-refractivity contribution in [2.24, 2.45) is 5.92 Å². The Hall–Kier alpha value is -1.07. The van der Waals surface area contributed by atoms with Gasteiger partial charge < -0.3 is 0 Å². The van der Waals surface area contributed by atoms with Crippen LogP contribution in [0.3, 0.4) is 0 Å². The first-order chi connectivity index (χ1) is 6.29. The minimum absolute atomic E-state index is 0.0740. The number of carbonyl (C=O) groups excluding carboxylic acids is 1. The molecule has 13 heavy (non-hydrogen) atoms. The molecule has 3 heteroatoms. The summed E-state index contributed by atoms with van der Waals surface area (Å²) in [5.74, 6) is -0.114. The molecule has 0 spiro atoms. The molecule has 0 N–H and O–H groups in total. The Bertz CT molecular complexity index is 299. The summed E-state index contributed by atoms with van der Waals surface area (Å²) in [6, 6.07) is 1.95. The normalized spacial score (nSPS) is 21.1. The molecule has 1 rings (SSSR count). The van der Waals surface area contributed by atoms with Gasteiger partial charge >= 0.3 is 0 Å². The predicted molar refractivity (Wildman–Crippen MR) is 51.3 cm³/mol. The van der Waals surface area contributed by atoms with Gasteiger partial charge in [0.05, 0.1) is 6.07 Å². The minimum atomic E-state index is -0.588. The lowest BCUT2D eigenvalue weighted by atomic mass is 9.91. The van der Waals surface area contributed by atoms with Crippen molar-refractivity contribution < 1.29 is 4.79 Å². The lowest BCUT2D eigenvalue weighted by Gasteiger charge is -2.10. The number of carbonyl (C=O) groups is 1. The summed E-state index contributed by atoms with van der Waals surface area (Å²) in [7, 11) is 0. The fourth-order valence-electron chi connectivity index (χ4n) is 1.22. The summed E-state index contributed by atoms with van der Waals surface area (Å²) >= 11 is 5.52. The molecule has 0 aliphatic heterocycles. The maximum Gasteiger partial charge on any atom is 0.179 e. The first-order valence-electron chi connectivity index (χ1n) is 4.16. The molecule has 0 aromatic heterocycles. The van der Waals surface area contributed by atoms with Crippen LogP contribution in [0.25, 0.3) is 0 Å². The third-order valence-corrected chi connectivity index (χ3v) is 2.19. The lowest BCUT2D eigenvalue weighted by Crippen LogP contribution is -2.15. The molecule has 1 aliphatic rings. The molecule has 0 amide bonds. The average molecular weight is 196 g/mol. The van der Waals surface area contributed by atoms with Crippen molar-refractivity contribution in [3.8, 4) is 6.07 Å². The molecular weight excluding hydrogens is 186 g/mol. The summed E-state index contributed by atoms with van der Waals surface area (Å²) in [6.07, 6.45) is 6.60. The van der Waals surface area contributed by atoms with Gasteiger partial charge in [0, 0.05) is 5.88 Å². The third-order valence-electron chi connectivity index (χ3n) is 1.92. The predicted octanol–water partition coefficient (Wildman–Crippen LogP) is 2.21. The molecule has 0 aromatic carbocycles. The van der Waals surface area contributed by atoms with Crippen molar-refractivity contribution in [2.75, 3.05) is 5.88 Å². The highest BCUT2D eigenvalue weighted by Crippen LogP contribution is 2.18. The summed E-state index contributed by atoms with van der Waals surface area (Å²) in [5.41, 5.74) is 0.717. The average Bonchev–Trinajstić information content (AvgIpc) is 2.16. The number of alkyl halides is 1. The Balaban J connectivity index is 2.65. The number of rotatable bonds is 3. The number of Topliss-reactive ketones (excluding diaryl/α,β-unsaturated/α-hetero) is 1. The van der Waals surface area contributed by atoms with Crippen LogP contribution in [0.1, 0.15) is 12.8 Å². The monoisotopic (exact) mass is 195 g/mol. The van der Waals surface area contributed by atoms with Gasteiger partial charge in [-0.2, -0.15) is 5.26 Å². The summed E-state index contributed by atoms with van der Waals surface area (Å²) < 4.78 is 0. The smallest absolute Gasteiger partial charge is 0.179 e. The highest BCUT2D eigenvalue weighted by atomic mass is 35.5. The standard InChI is InChI=1S/C10H10ClNO/c11-6-2-5-8-3-1-4-9(7-12)10(8)13/h1,3-4,9H,2,5-6H2. The van der Waals surface area contributed by atoms with Crippen molar-refractivity contribution in [3.63, 3.8) is 0 Å². The molecule has 0 saturated heterocycles. The van der Waals surface area contributed by atoms with E-state index in [1.807, 2.05) is 6.07 Å². The van der Waals surface area contributed by atoms with Gasteiger partial charge in [-0.25, -0.2) is 0 Å². The van der Waals surface area contributed by atoms with Gasteiger partial charge in [0.15, 0.2) is 5.78 Å². The minimum Gasteiger partial charge on any atom is -0.293 e. The zero-order valence-electron chi connectivity index (χ0n) is 7.16. The number of nitriles is 1. The molecule has 0 radical (unpaired) electrons. The number of hydrogen-bond acceptors (Lipinski definition) is 2. The van der Waals surface area contributed by atoms with Crippen LogP contribution in [0, 0.1) is 17.2 Å². The van der Waals surface area contributed by atoms with Crippen molar-refractivity contribution in [3.05, 3.63) is 23.8 Å². The first-order valence-corrected chi connectivity index (χ1v) is 4.70. The molecule has 0 aromatic rings. The van der Waals surface area contributed by atoms with Crippen LogP contribution in [0.2, 0.25) is 0 Å². The van der Waals surface area contributed by atoms with Crippen LogP contribution in [-0.4, -0.2) is 11.7 Å². The van der Waals surface area contributed by atoms with E-state index in [4.69, 9.17) is 16.9 Å². The summed E-state index contributed by atoms with van der Waals surface area (Å²) in [5, 5.41) is 8.63. The molecular formula is C10H10ClNO. The Kier molecular flexibility index (Phi) is 3.72. The molecule has 2 nitrogen and oxygen atoms in total. The number of ketones is 1. The number of halogens is 1. The van der Waals surface area contributed by atoms with E-state index in [0.717, 1.165) is 12.0 Å². The second-order valence-electron chi connectivity index (χ2n) is 2.84. The molecule has 0 saturated carbocycles. The fourth-order valence-corrected chi connectivity index (χ4v) is 1.35. The van der Waals surface area contributed by atoms with Crippen LogP contribution >= 0.6 is 11.6 Å². The van der Waals surface area contributed by atoms with Gasteiger partial charge in [-0.1, -0.05) is 18.2 Å². The van der Waals surface area contributed by atoms with E-state index >= 15 is 0 Å². The molecule has 0 heterocycles. The highest BCUT2D eigenvalue weighted by Gasteiger charge is 2.20. The van der Waals surface area contributed by atoms with Gasteiger partial charge in [-0.3, -0.25) is 4.79 Å². The summed E-state index contributed by atoms with van der Waals surface area (Å²) in [4.78, 5) is 11.5.